The first-order valence-electron chi connectivity index (χ1n) is 5.57. The lowest BCUT2D eigenvalue weighted by Crippen LogP contribution is -2.30. The molecule has 0 bridgehead atoms. The molecule has 5 nitrogen and oxygen atoms in total. The molecule has 0 aromatic carbocycles. The van der Waals surface area contributed by atoms with E-state index in [1.807, 2.05) is 0 Å². The maximum atomic E-state index is 12.6. The minimum Gasteiger partial charge on any atom is -0.365 e. The highest BCUT2D eigenvalue weighted by Gasteiger charge is 2.31. The summed E-state index contributed by atoms with van der Waals surface area (Å²) in [6.45, 7) is -0.117. The number of amides is 1. The number of carbonyl (C=O) groups excluding carboxylic acids is 1. The Bertz CT molecular complexity index is 750. The quantitative estimate of drug-likeness (QED) is 0.905. The van der Waals surface area contributed by atoms with Gasteiger partial charge in [0, 0.05) is 11.9 Å². The van der Waals surface area contributed by atoms with E-state index < -0.39 is 29.6 Å². The van der Waals surface area contributed by atoms with Crippen LogP contribution >= 0.6 is 0 Å². The first kappa shape index (κ1) is 14.0. The second-order valence-corrected chi connectivity index (χ2v) is 4.23. The van der Waals surface area contributed by atoms with E-state index in [9.17, 15) is 22.8 Å². The van der Waals surface area contributed by atoms with Gasteiger partial charge in [-0.1, -0.05) is 0 Å². The molecule has 2 N–H and O–H groups in total. The molecule has 2 aromatic rings. The normalized spacial score (nSPS) is 11.8. The summed E-state index contributed by atoms with van der Waals surface area (Å²) in [5, 5.41) is -0.0730. The van der Waals surface area contributed by atoms with E-state index in [0.29, 0.717) is 0 Å². The number of halogens is 3. The molecule has 2 rings (SSSR count). The summed E-state index contributed by atoms with van der Waals surface area (Å²) in [6.07, 6.45) is -3.24. The minimum atomic E-state index is -4.51. The molecule has 0 aliphatic rings. The van der Waals surface area contributed by atoms with Crippen molar-refractivity contribution < 1.29 is 18.0 Å². The molecule has 0 atom stereocenters. The Hall–Kier alpha value is -2.38. The molecule has 0 aliphatic carbocycles. The number of hydrogen-bond acceptors (Lipinski definition) is 3. The van der Waals surface area contributed by atoms with Gasteiger partial charge in [0.05, 0.1) is 5.39 Å². The molecule has 0 saturated heterocycles. The second kappa shape index (κ2) is 4.62. The van der Waals surface area contributed by atoms with Gasteiger partial charge in [-0.3, -0.25) is 9.59 Å². The van der Waals surface area contributed by atoms with Crippen LogP contribution in [-0.4, -0.2) is 21.6 Å². The molecular formula is C12H10F3N3O2. The lowest BCUT2D eigenvalue weighted by Gasteiger charge is -2.17. The molecule has 0 spiro atoms. The smallest absolute Gasteiger partial charge is 0.365 e. The van der Waals surface area contributed by atoms with E-state index >= 15 is 0 Å². The zero-order valence-electron chi connectivity index (χ0n) is 10.4. The highest BCUT2D eigenvalue weighted by molar-refractivity contribution is 5.97. The number of fused-ring (bicyclic) bond motifs is 1. The van der Waals surface area contributed by atoms with Crippen LogP contribution < -0.4 is 11.2 Å². The molecule has 0 aliphatic heterocycles. The molecule has 0 unspecified atom stereocenters. The number of pyridine rings is 2. The molecule has 0 fully saturated rings. The number of primary amides is 1. The predicted octanol–water partition coefficient (Wildman–Crippen LogP) is 1.37. The zero-order valence-corrected chi connectivity index (χ0v) is 10.4. The van der Waals surface area contributed by atoms with E-state index in [1.165, 1.54) is 25.3 Å². The standard InChI is InChI=1S/C12H10F3N3O2/c1-6-8(10(16)20)9(19)7-3-2-4-17-11(7)18(6)5-12(13,14)15/h2-4H,5H2,1H3,(H2,16,20). The van der Waals surface area contributed by atoms with Crippen molar-refractivity contribution in [2.45, 2.75) is 19.6 Å². The lowest BCUT2D eigenvalue weighted by atomic mass is 10.1. The van der Waals surface area contributed by atoms with Crippen molar-refractivity contribution in [1.29, 1.82) is 0 Å². The molecule has 20 heavy (non-hydrogen) atoms. The fourth-order valence-electron chi connectivity index (χ4n) is 2.05. The molecule has 2 heterocycles. The summed E-state index contributed by atoms with van der Waals surface area (Å²) >= 11 is 0. The number of alkyl halides is 3. The Kier molecular flexibility index (Phi) is 3.24. The van der Waals surface area contributed by atoms with Crippen LogP contribution in [0.15, 0.2) is 23.1 Å². The number of nitrogens with two attached hydrogens (primary N) is 1. The fourth-order valence-corrected chi connectivity index (χ4v) is 2.05. The lowest BCUT2D eigenvalue weighted by molar-refractivity contribution is -0.140. The van der Waals surface area contributed by atoms with Gasteiger partial charge in [-0.15, -0.1) is 0 Å². The molecule has 106 valence electrons. The van der Waals surface area contributed by atoms with Crippen molar-refractivity contribution in [3.63, 3.8) is 0 Å². The van der Waals surface area contributed by atoms with Crippen molar-refractivity contribution in [2.75, 3.05) is 0 Å². The maximum absolute atomic E-state index is 12.6. The largest absolute Gasteiger partial charge is 0.406 e. The van der Waals surface area contributed by atoms with E-state index in [4.69, 9.17) is 5.73 Å². The van der Waals surface area contributed by atoms with Crippen molar-refractivity contribution in [2.24, 2.45) is 5.73 Å². The third-order valence-corrected chi connectivity index (χ3v) is 2.86. The number of aromatic nitrogens is 2. The average Bonchev–Trinajstić information content (AvgIpc) is 2.33. The van der Waals surface area contributed by atoms with Gasteiger partial charge in [0.15, 0.2) is 0 Å². The Morgan fingerprint density at radius 1 is 1.45 bits per heavy atom. The van der Waals surface area contributed by atoms with Gasteiger partial charge in [-0.05, 0) is 19.1 Å². The van der Waals surface area contributed by atoms with Crippen LogP contribution in [-0.2, 0) is 6.54 Å². The Balaban J connectivity index is 2.91. The molecule has 1 amide bonds. The van der Waals surface area contributed by atoms with E-state index in [-0.39, 0.29) is 16.7 Å². The van der Waals surface area contributed by atoms with Crippen LogP contribution in [0.5, 0.6) is 0 Å². The minimum absolute atomic E-state index is 0.0730. The monoisotopic (exact) mass is 285 g/mol. The van der Waals surface area contributed by atoms with Crippen LogP contribution in [0.4, 0.5) is 13.2 Å². The third-order valence-electron chi connectivity index (χ3n) is 2.86. The summed E-state index contributed by atoms with van der Waals surface area (Å²) in [4.78, 5) is 27.2. The number of nitrogens with zero attached hydrogens (tertiary/aromatic N) is 2. The first-order valence-corrected chi connectivity index (χ1v) is 5.57. The van der Waals surface area contributed by atoms with E-state index in [1.54, 1.807) is 0 Å². The average molecular weight is 285 g/mol. The van der Waals surface area contributed by atoms with Gasteiger partial charge >= 0.3 is 6.18 Å². The Morgan fingerprint density at radius 3 is 2.65 bits per heavy atom. The zero-order chi connectivity index (χ0) is 15.1. The summed E-state index contributed by atoms with van der Waals surface area (Å²) in [6, 6.07) is 2.71. The van der Waals surface area contributed by atoms with Crippen LogP contribution in [0.2, 0.25) is 0 Å². The molecule has 2 aromatic heterocycles. The summed E-state index contributed by atoms with van der Waals surface area (Å²) < 4.78 is 38.7. The molecule has 0 saturated carbocycles. The van der Waals surface area contributed by atoms with Gasteiger partial charge in [-0.2, -0.15) is 13.2 Å². The highest BCUT2D eigenvalue weighted by atomic mass is 19.4. The van der Waals surface area contributed by atoms with Gasteiger partial charge < -0.3 is 10.3 Å². The van der Waals surface area contributed by atoms with Crippen molar-refractivity contribution >= 4 is 16.9 Å². The molecular weight excluding hydrogens is 275 g/mol. The van der Waals surface area contributed by atoms with Crippen LogP contribution in [0.25, 0.3) is 11.0 Å². The number of hydrogen-bond donors (Lipinski definition) is 1. The van der Waals surface area contributed by atoms with Gasteiger partial charge in [-0.25, -0.2) is 4.98 Å². The van der Waals surface area contributed by atoms with Crippen LogP contribution in [0.3, 0.4) is 0 Å². The Morgan fingerprint density at radius 2 is 2.10 bits per heavy atom. The third kappa shape index (κ3) is 2.36. The highest BCUT2D eigenvalue weighted by Crippen LogP contribution is 2.22. The number of carbonyl (C=O) groups is 1. The van der Waals surface area contributed by atoms with Crippen LogP contribution in [0.1, 0.15) is 16.1 Å². The first-order chi connectivity index (χ1) is 9.22. The van der Waals surface area contributed by atoms with Crippen LogP contribution in [0, 0.1) is 6.92 Å². The topological polar surface area (TPSA) is 78.0 Å². The summed E-state index contributed by atoms with van der Waals surface area (Å²) in [5.41, 5.74) is 3.65. The molecule has 0 radical (unpaired) electrons. The Labute approximate surface area is 110 Å². The predicted molar refractivity (Wildman–Crippen MR) is 65.3 cm³/mol. The SMILES string of the molecule is Cc1c(C(N)=O)c(=O)c2cccnc2n1CC(F)(F)F. The summed E-state index contributed by atoms with van der Waals surface area (Å²) in [5.74, 6) is -1.06. The number of rotatable bonds is 2. The van der Waals surface area contributed by atoms with Crippen molar-refractivity contribution in [3.8, 4) is 0 Å². The van der Waals surface area contributed by atoms with Gasteiger partial charge in [0.25, 0.3) is 5.91 Å². The van der Waals surface area contributed by atoms with Gasteiger partial charge in [0.2, 0.25) is 5.43 Å². The summed E-state index contributed by atoms with van der Waals surface area (Å²) in [7, 11) is 0. The van der Waals surface area contributed by atoms with E-state index in [2.05, 4.69) is 4.98 Å². The van der Waals surface area contributed by atoms with Crippen molar-refractivity contribution in [1.82, 2.24) is 9.55 Å². The maximum Gasteiger partial charge on any atom is 0.406 e. The van der Waals surface area contributed by atoms with Gasteiger partial charge in [0.1, 0.15) is 17.8 Å². The fraction of sp³-hybridized carbons (Fsp3) is 0.250. The van der Waals surface area contributed by atoms with Crippen molar-refractivity contribution in [3.05, 3.63) is 39.8 Å². The molecule has 8 heteroatoms. The second-order valence-electron chi connectivity index (χ2n) is 4.23. The van der Waals surface area contributed by atoms with E-state index in [0.717, 1.165) is 4.57 Å².